The van der Waals surface area contributed by atoms with Crippen molar-refractivity contribution in [3.8, 4) is 5.75 Å². The lowest BCUT2D eigenvalue weighted by atomic mass is 10.0. The lowest BCUT2D eigenvalue weighted by Gasteiger charge is -2.16. The average Bonchev–Trinajstić information content (AvgIpc) is 2.11. The van der Waals surface area contributed by atoms with E-state index in [0.29, 0.717) is 10.8 Å². The Labute approximate surface area is 89.9 Å². The zero-order valence-electron chi connectivity index (χ0n) is 8.76. The van der Waals surface area contributed by atoms with Gasteiger partial charge in [0.1, 0.15) is 5.75 Å². The quantitative estimate of drug-likeness (QED) is 0.809. The molecule has 1 rings (SSSR count). The van der Waals surface area contributed by atoms with Gasteiger partial charge in [0.05, 0.1) is 0 Å². The number of rotatable bonds is 3. The molecule has 0 heterocycles. The van der Waals surface area contributed by atoms with Gasteiger partial charge in [0.25, 0.3) is 0 Å². The molecule has 2 nitrogen and oxygen atoms in total. The molecule has 0 aliphatic rings. The Morgan fingerprint density at radius 2 is 2.14 bits per heavy atom. The maximum absolute atomic E-state index is 9.82. The van der Waals surface area contributed by atoms with E-state index in [2.05, 4.69) is 5.32 Å². The molecule has 0 aliphatic carbocycles. The first-order valence-electron chi connectivity index (χ1n) is 4.78. The lowest BCUT2D eigenvalue weighted by Crippen LogP contribution is -2.17. The molecule has 78 valence electrons. The monoisotopic (exact) mass is 213 g/mol. The molecule has 1 aromatic rings. The first-order valence-corrected chi connectivity index (χ1v) is 5.16. The molecule has 14 heavy (non-hydrogen) atoms. The van der Waals surface area contributed by atoms with Gasteiger partial charge in [-0.25, -0.2) is 0 Å². The van der Waals surface area contributed by atoms with Crippen LogP contribution in [0.25, 0.3) is 0 Å². The number of nitrogens with one attached hydrogen (secondary N) is 1. The van der Waals surface area contributed by atoms with Crippen LogP contribution >= 0.6 is 11.6 Å². The predicted molar refractivity (Wildman–Crippen MR) is 59.9 cm³/mol. The summed E-state index contributed by atoms with van der Waals surface area (Å²) in [4.78, 5) is 0. The minimum Gasteiger partial charge on any atom is -0.507 e. The van der Waals surface area contributed by atoms with E-state index in [4.69, 9.17) is 11.6 Å². The summed E-state index contributed by atoms with van der Waals surface area (Å²) in [5.74, 6) is 0.336. The Morgan fingerprint density at radius 1 is 1.50 bits per heavy atom. The Kier molecular flexibility index (Phi) is 3.78. The number of aromatic hydroxyl groups is 1. The van der Waals surface area contributed by atoms with Crippen LogP contribution in [-0.2, 0) is 0 Å². The van der Waals surface area contributed by atoms with Crippen molar-refractivity contribution in [3.05, 3.63) is 28.3 Å². The highest BCUT2D eigenvalue weighted by Gasteiger charge is 2.11. The van der Waals surface area contributed by atoms with Gasteiger partial charge in [-0.1, -0.05) is 18.5 Å². The van der Waals surface area contributed by atoms with Crippen molar-refractivity contribution < 1.29 is 5.11 Å². The minimum atomic E-state index is 0.123. The standard InChI is InChI=1S/C11H16ClNO/c1-4-13-8(3)10-6-9(12)5-7(2)11(10)14/h5-6,8,13-14H,4H2,1-3H3. The summed E-state index contributed by atoms with van der Waals surface area (Å²) >= 11 is 5.93. The normalized spacial score (nSPS) is 12.9. The number of phenolic OH excluding ortho intramolecular Hbond substituents is 1. The molecule has 0 saturated heterocycles. The van der Waals surface area contributed by atoms with Gasteiger partial charge in [-0.05, 0) is 38.1 Å². The maximum Gasteiger partial charge on any atom is 0.123 e. The molecule has 0 saturated carbocycles. The van der Waals surface area contributed by atoms with Crippen molar-refractivity contribution in [1.82, 2.24) is 5.32 Å². The van der Waals surface area contributed by atoms with Gasteiger partial charge < -0.3 is 10.4 Å². The fraction of sp³-hybridized carbons (Fsp3) is 0.455. The molecule has 0 spiro atoms. The molecule has 0 bridgehead atoms. The molecule has 1 unspecified atom stereocenters. The van der Waals surface area contributed by atoms with Gasteiger partial charge in [-0.2, -0.15) is 0 Å². The summed E-state index contributed by atoms with van der Waals surface area (Å²) in [5.41, 5.74) is 1.68. The van der Waals surface area contributed by atoms with Crippen molar-refractivity contribution in [1.29, 1.82) is 0 Å². The largest absolute Gasteiger partial charge is 0.507 e. The summed E-state index contributed by atoms with van der Waals surface area (Å²) in [6.45, 7) is 6.76. The molecule has 2 N–H and O–H groups in total. The molecule has 0 aliphatic heterocycles. The second kappa shape index (κ2) is 4.67. The third kappa shape index (κ3) is 2.40. The Hall–Kier alpha value is -0.730. The number of phenols is 1. The van der Waals surface area contributed by atoms with Crippen molar-refractivity contribution in [2.75, 3.05) is 6.54 Å². The molecular formula is C11H16ClNO. The number of aryl methyl sites for hydroxylation is 1. The van der Waals surface area contributed by atoms with E-state index in [1.54, 1.807) is 12.1 Å². The van der Waals surface area contributed by atoms with Crippen molar-refractivity contribution in [3.63, 3.8) is 0 Å². The van der Waals surface area contributed by atoms with Gasteiger partial charge in [0.2, 0.25) is 0 Å². The number of halogens is 1. The third-order valence-corrected chi connectivity index (χ3v) is 2.49. The van der Waals surface area contributed by atoms with Crippen molar-refractivity contribution >= 4 is 11.6 Å². The van der Waals surface area contributed by atoms with Gasteiger partial charge in [0.15, 0.2) is 0 Å². The van der Waals surface area contributed by atoms with Crippen molar-refractivity contribution in [2.24, 2.45) is 0 Å². The third-order valence-electron chi connectivity index (χ3n) is 2.27. The second-order valence-electron chi connectivity index (χ2n) is 3.44. The molecule has 3 heteroatoms. The Bertz CT molecular complexity index is 325. The SMILES string of the molecule is CCNC(C)c1cc(Cl)cc(C)c1O. The highest BCUT2D eigenvalue weighted by Crippen LogP contribution is 2.30. The smallest absolute Gasteiger partial charge is 0.123 e. The van der Waals surface area contributed by atoms with Crippen molar-refractivity contribution in [2.45, 2.75) is 26.8 Å². The molecule has 0 radical (unpaired) electrons. The fourth-order valence-corrected chi connectivity index (χ4v) is 1.79. The molecule has 0 fully saturated rings. The first-order chi connectivity index (χ1) is 6.56. The highest BCUT2D eigenvalue weighted by molar-refractivity contribution is 6.30. The molecular weight excluding hydrogens is 198 g/mol. The van der Waals surface area contributed by atoms with E-state index in [-0.39, 0.29) is 6.04 Å². The Balaban J connectivity index is 3.07. The summed E-state index contributed by atoms with van der Waals surface area (Å²) in [6, 6.07) is 3.69. The van der Waals surface area contributed by atoms with E-state index in [1.807, 2.05) is 20.8 Å². The van der Waals surface area contributed by atoms with Crippen LogP contribution in [0.5, 0.6) is 5.75 Å². The fourth-order valence-electron chi connectivity index (χ4n) is 1.51. The topological polar surface area (TPSA) is 32.3 Å². The van der Waals surface area contributed by atoms with E-state index in [0.717, 1.165) is 17.7 Å². The number of hydrogen-bond acceptors (Lipinski definition) is 2. The number of benzene rings is 1. The van der Waals surface area contributed by atoms with Crippen LogP contribution in [0.1, 0.15) is 31.0 Å². The summed E-state index contributed by atoms with van der Waals surface area (Å²) in [6.07, 6.45) is 0. The molecule has 0 aromatic heterocycles. The van der Waals surface area contributed by atoms with E-state index in [9.17, 15) is 5.11 Å². The average molecular weight is 214 g/mol. The molecule has 1 atom stereocenters. The van der Waals surface area contributed by atoms with E-state index < -0.39 is 0 Å². The minimum absolute atomic E-state index is 0.123. The van der Waals surface area contributed by atoms with E-state index in [1.165, 1.54) is 0 Å². The first kappa shape index (κ1) is 11.3. The second-order valence-corrected chi connectivity index (χ2v) is 3.88. The molecule has 1 aromatic carbocycles. The van der Waals surface area contributed by atoms with Gasteiger partial charge in [-0.3, -0.25) is 0 Å². The summed E-state index contributed by atoms with van der Waals surface area (Å²) in [7, 11) is 0. The van der Waals surface area contributed by atoms with Crippen LogP contribution in [-0.4, -0.2) is 11.7 Å². The van der Waals surface area contributed by atoms with Crippen LogP contribution < -0.4 is 5.32 Å². The van der Waals surface area contributed by atoms with Crippen LogP contribution in [0.3, 0.4) is 0 Å². The Morgan fingerprint density at radius 3 is 2.71 bits per heavy atom. The maximum atomic E-state index is 9.82. The number of hydrogen-bond donors (Lipinski definition) is 2. The van der Waals surface area contributed by atoms with Gasteiger partial charge in [0, 0.05) is 16.6 Å². The molecule has 0 amide bonds. The zero-order valence-corrected chi connectivity index (χ0v) is 9.52. The van der Waals surface area contributed by atoms with Gasteiger partial charge in [-0.15, -0.1) is 0 Å². The summed E-state index contributed by atoms with van der Waals surface area (Å²) in [5, 5.41) is 13.7. The zero-order chi connectivity index (χ0) is 10.7. The van der Waals surface area contributed by atoms with E-state index >= 15 is 0 Å². The van der Waals surface area contributed by atoms with Crippen LogP contribution in [0.4, 0.5) is 0 Å². The van der Waals surface area contributed by atoms with Gasteiger partial charge >= 0.3 is 0 Å². The lowest BCUT2D eigenvalue weighted by molar-refractivity contribution is 0.451. The van der Waals surface area contributed by atoms with Crippen LogP contribution in [0.2, 0.25) is 5.02 Å². The van der Waals surface area contributed by atoms with Crippen LogP contribution in [0.15, 0.2) is 12.1 Å². The predicted octanol–water partition coefficient (Wildman–Crippen LogP) is 3.02. The van der Waals surface area contributed by atoms with Crippen LogP contribution in [0, 0.1) is 6.92 Å². The highest BCUT2D eigenvalue weighted by atomic mass is 35.5. The summed E-state index contributed by atoms with van der Waals surface area (Å²) < 4.78 is 0.